The SMILES string of the molecule is CC(C)C[C@H](N)C(=O)N1CCC(C(C)O)CC1.Cl. The Morgan fingerprint density at radius 1 is 1.33 bits per heavy atom. The molecule has 0 spiro atoms. The first-order chi connectivity index (χ1) is 7.91. The van der Waals surface area contributed by atoms with Gasteiger partial charge in [0.15, 0.2) is 0 Å². The second kappa shape index (κ2) is 7.97. The van der Waals surface area contributed by atoms with E-state index in [0.717, 1.165) is 32.4 Å². The number of carbonyl (C=O) groups excluding carboxylic acids is 1. The summed E-state index contributed by atoms with van der Waals surface area (Å²) in [6.45, 7) is 7.45. The number of aliphatic hydroxyl groups is 1. The Kier molecular flexibility index (Phi) is 7.83. The summed E-state index contributed by atoms with van der Waals surface area (Å²) < 4.78 is 0. The van der Waals surface area contributed by atoms with Crippen LogP contribution in [0.15, 0.2) is 0 Å². The van der Waals surface area contributed by atoms with Gasteiger partial charge in [0.25, 0.3) is 0 Å². The van der Waals surface area contributed by atoms with Gasteiger partial charge in [-0.05, 0) is 38.0 Å². The van der Waals surface area contributed by atoms with Crippen LogP contribution < -0.4 is 5.73 Å². The Hall–Kier alpha value is -0.320. The van der Waals surface area contributed by atoms with E-state index < -0.39 is 0 Å². The highest BCUT2D eigenvalue weighted by Crippen LogP contribution is 2.21. The molecule has 0 aliphatic carbocycles. The van der Waals surface area contributed by atoms with Gasteiger partial charge in [0.1, 0.15) is 0 Å². The fourth-order valence-corrected chi connectivity index (χ4v) is 2.45. The van der Waals surface area contributed by atoms with Crippen molar-refractivity contribution in [1.29, 1.82) is 0 Å². The predicted octanol–water partition coefficient (Wildman–Crippen LogP) is 1.40. The summed E-state index contributed by atoms with van der Waals surface area (Å²) >= 11 is 0. The highest BCUT2D eigenvalue weighted by atomic mass is 35.5. The fourth-order valence-electron chi connectivity index (χ4n) is 2.45. The molecule has 0 bridgehead atoms. The molecule has 5 heteroatoms. The van der Waals surface area contributed by atoms with Crippen LogP contribution in [0.3, 0.4) is 0 Å². The first kappa shape index (κ1) is 17.7. The van der Waals surface area contributed by atoms with Crippen LogP contribution >= 0.6 is 12.4 Å². The molecule has 0 aromatic rings. The summed E-state index contributed by atoms with van der Waals surface area (Å²) in [5, 5.41) is 9.50. The van der Waals surface area contributed by atoms with E-state index in [1.54, 1.807) is 0 Å². The molecule has 3 N–H and O–H groups in total. The monoisotopic (exact) mass is 278 g/mol. The lowest BCUT2D eigenvalue weighted by molar-refractivity contribution is -0.134. The number of aliphatic hydroxyl groups excluding tert-OH is 1. The van der Waals surface area contributed by atoms with Gasteiger partial charge in [-0.2, -0.15) is 0 Å². The number of piperidine rings is 1. The summed E-state index contributed by atoms with van der Waals surface area (Å²) in [7, 11) is 0. The van der Waals surface area contributed by atoms with Crippen molar-refractivity contribution < 1.29 is 9.90 Å². The maximum Gasteiger partial charge on any atom is 0.239 e. The second-order valence-corrected chi connectivity index (χ2v) is 5.64. The van der Waals surface area contributed by atoms with Gasteiger partial charge in [-0.1, -0.05) is 13.8 Å². The standard InChI is InChI=1S/C13H26N2O2.ClH/c1-9(2)8-12(14)13(17)15-6-4-11(5-7-15)10(3)16;/h9-12,16H,4-8,14H2,1-3H3;1H/t10?,12-;/m0./s1. The van der Waals surface area contributed by atoms with Crippen LogP contribution in [0.25, 0.3) is 0 Å². The zero-order chi connectivity index (χ0) is 13.0. The first-order valence-corrected chi connectivity index (χ1v) is 6.64. The topological polar surface area (TPSA) is 66.6 Å². The third-order valence-electron chi connectivity index (χ3n) is 3.58. The molecule has 1 aliphatic heterocycles. The van der Waals surface area contributed by atoms with Crippen molar-refractivity contribution in [2.24, 2.45) is 17.6 Å². The summed E-state index contributed by atoms with van der Waals surface area (Å²) in [5.41, 5.74) is 5.90. The van der Waals surface area contributed by atoms with Gasteiger partial charge < -0.3 is 15.7 Å². The summed E-state index contributed by atoms with van der Waals surface area (Å²) in [6, 6.07) is -0.363. The molecular weight excluding hydrogens is 252 g/mol. The Balaban J connectivity index is 0.00000289. The third-order valence-corrected chi connectivity index (χ3v) is 3.58. The van der Waals surface area contributed by atoms with Crippen LogP contribution in [0, 0.1) is 11.8 Å². The zero-order valence-corrected chi connectivity index (χ0v) is 12.4. The molecule has 0 radical (unpaired) electrons. The smallest absolute Gasteiger partial charge is 0.239 e. The quantitative estimate of drug-likeness (QED) is 0.817. The van der Waals surface area contributed by atoms with Crippen molar-refractivity contribution in [3.8, 4) is 0 Å². The largest absolute Gasteiger partial charge is 0.393 e. The summed E-state index contributed by atoms with van der Waals surface area (Å²) in [4.78, 5) is 13.9. The van der Waals surface area contributed by atoms with E-state index in [4.69, 9.17) is 5.73 Å². The van der Waals surface area contributed by atoms with Crippen molar-refractivity contribution >= 4 is 18.3 Å². The van der Waals surface area contributed by atoms with E-state index >= 15 is 0 Å². The molecule has 1 rings (SSSR count). The Labute approximate surface area is 116 Å². The van der Waals surface area contributed by atoms with E-state index in [1.165, 1.54) is 0 Å². The second-order valence-electron chi connectivity index (χ2n) is 5.64. The van der Waals surface area contributed by atoms with E-state index in [1.807, 2.05) is 11.8 Å². The highest BCUT2D eigenvalue weighted by molar-refractivity contribution is 5.85. The summed E-state index contributed by atoms with van der Waals surface area (Å²) in [6.07, 6.45) is 2.25. The van der Waals surface area contributed by atoms with Crippen molar-refractivity contribution in [1.82, 2.24) is 4.90 Å². The predicted molar refractivity (Wildman–Crippen MR) is 75.7 cm³/mol. The molecule has 4 nitrogen and oxygen atoms in total. The third kappa shape index (κ3) is 5.12. The molecule has 0 aromatic heterocycles. The lowest BCUT2D eigenvalue weighted by atomic mass is 9.91. The molecule has 1 unspecified atom stereocenters. The van der Waals surface area contributed by atoms with Crippen LogP contribution in [-0.4, -0.2) is 41.1 Å². The molecule has 18 heavy (non-hydrogen) atoms. The zero-order valence-electron chi connectivity index (χ0n) is 11.6. The van der Waals surface area contributed by atoms with Gasteiger partial charge in [-0.25, -0.2) is 0 Å². The van der Waals surface area contributed by atoms with Crippen molar-refractivity contribution in [3.05, 3.63) is 0 Å². The Morgan fingerprint density at radius 3 is 2.22 bits per heavy atom. The van der Waals surface area contributed by atoms with Crippen LogP contribution in [-0.2, 0) is 4.79 Å². The van der Waals surface area contributed by atoms with E-state index in [2.05, 4.69) is 13.8 Å². The fraction of sp³-hybridized carbons (Fsp3) is 0.923. The minimum atomic E-state index is -0.363. The number of hydrogen-bond acceptors (Lipinski definition) is 3. The molecule has 2 atom stereocenters. The van der Waals surface area contributed by atoms with Gasteiger partial charge >= 0.3 is 0 Å². The molecule has 1 fully saturated rings. The number of nitrogens with two attached hydrogens (primary N) is 1. The van der Waals surface area contributed by atoms with Gasteiger partial charge in [0.05, 0.1) is 12.1 Å². The van der Waals surface area contributed by atoms with Crippen LogP contribution in [0.1, 0.15) is 40.0 Å². The first-order valence-electron chi connectivity index (χ1n) is 6.64. The minimum Gasteiger partial charge on any atom is -0.393 e. The molecule has 0 aromatic carbocycles. The lowest BCUT2D eigenvalue weighted by Gasteiger charge is -2.34. The number of halogens is 1. The molecule has 0 saturated carbocycles. The molecule has 1 amide bonds. The molecular formula is C13H27ClN2O2. The number of carbonyl (C=O) groups is 1. The Bertz CT molecular complexity index is 251. The normalized spacial score (nSPS) is 20.4. The van der Waals surface area contributed by atoms with E-state index in [0.29, 0.717) is 11.8 Å². The van der Waals surface area contributed by atoms with Gasteiger partial charge in [0, 0.05) is 13.1 Å². The summed E-state index contributed by atoms with van der Waals surface area (Å²) in [5.74, 6) is 0.854. The molecule has 108 valence electrons. The number of amides is 1. The number of nitrogens with zero attached hydrogens (tertiary/aromatic N) is 1. The van der Waals surface area contributed by atoms with Crippen LogP contribution in [0.5, 0.6) is 0 Å². The minimum absolute atomic E-state index is 0. The number of hydrogen-bond donors (Lipinski definition) is 2. The van der Waals surface area contributed by atoms with Crippen molar-refractivity contribution in [3.63, 3.8) is 0 Å². The Morgan fingerprint density at radius 2 is 1.83 bits per heavy atom. The molecule has 1 saturated heterocycles. The van der Waals surface area contributed by atoms with Crippen molar-refractivity contribution in [2.45, 2.75) is 52.2 Å². The highest BCUT2D eigenvalue weighted by Gasteiger charge is 2.28. The van der Waals surface area contributed by atoms with E-state index in [9.17, 15) is 9.90 Å². The molecule has 1 aliphatic rings. The van der Waals surface area contributed by atoms with Gasteiger partial charge in [-0.3, -0.25) is 4.79 Å². The van der Waals surface area contributed by atoms with Crippen LogP contribution in [0.4, 0.5) is 0 Å². The maximum atomic E-state index is 12.0. The average Bonchev–Trinajstić information content (AvgIpc) is 2.27. The van der Waals surface area contributed by atoms with Crippen LogP contribution in [0.2, 0.25) is 0 Å². The van der Waals surface area contributed by atoms with Gasteiger partial charge in [0.2, 0.25) is 5.91 Å². The van der Waals surface area contributed by atoms with E-state index in [-0.39, 0.29) is 30.5 Å². The number of rotatable bonds is 4. The van der Waals surface area contributed by atoms with Crippen molar-refractivity contribution in [2.75, 3.05) is 13.1 Å². The molecule has 1 heterocycles. The number of likely N-dealkylation sites (tertiary alicyclic amines) is 1. The lowest BCUT2D eigenvalue weighted by Crippen LogP contribution is -2.48. The van der Waals surface area contributed by atoms with Gasteiger partial charge in [-0.15, -0.1) is 12.4 Å². The average molecular weight is 279 g/mol. The maximum absolute atomic E-state index is 12.0.